The number of benzene rings is 2. The van der Waals surface area contributed by atoms with Crippen LogP contribution in [0.3, 0.4) is 0 Å². The lowest BCUT2D eigenvalue weighted by molar-refractivity contribution is 0.608. The van der Waals surface area contributed by atoms with Crippen molar-refractivity contribution >= 4 is 32.9 Å². The zero-order valence-electron chi connectivity index (χ0n) is 11.9. The molecule has 0 aliphatic rings. The van der Waals surface area contributed by atoms with Gasteiger partial charge >= 0.3 is 0 Å². The average Bonchev–Trinajstić information content (AvgIpc) is 2.93. The third kappa shape index (κ3) is 2.56. The first-order valence-corrected chi connectivity index (χ1v) is 7.55. The van der Waals surface area contributed by atoms with Crippen LogP contribution in [0.1, 0.15) is 16.7 Å². The predicted molar refractivity (Wildman–Crippen MR) is 87.2 cm³/mol. The Bertz CT molecular complexity index is 787. The Kier molecular flexibility index (Phi) is 3.51. The summed E-state index contributed by atoms with van der Waals surface area (Å²) in [5.41, 5.74) is 12.6. The standard InChI is InChI=1S/C16H16FN3S/c1-9-5-11(6-10(2)14(9)17)7-19-12-3-4-13-16(15(12)18)20-8-21-13/h3-6,8,19H,7,18H2,1-2H3. The number of nitrogens with zero attached hydrogens (tertiary/aromatic N) is 1. The molecule has 1 heterocycles. The van der Waals surface area contributed by atoms with E-state index in [1.807, 2.05) is 24.3 Å². The van der Waals surface area contributed by atoms with Gasteiger partial charge in [0.15, 0.2) is 0 Å². The fourth-order valence-corrected chi connectivity index (χ4v) is 3.13. The first-order valence-electron chi connectivity index (χ1n) is 6.67. The molecule has 0 atom stereocenters. The normalized spacial score (nSPS) is 11.0. The summed E-state index contributed by atoms with van der Waals surface area (Å²) < 4.78 is 14.7. The summed E-state index contributed by atoms with van der Waals surface area (Å²) in [6.45, 7) is 4.16. The highest BCUT2D eigenvalue weighted by atomic mass is 32.1. The maximum Gasteiger partial charge on any atom is 0.129 e. The smallest absolute Gasteiger partial charge is 0.129 e. The predicted octanol–water partition coefficient (Wildman–Crippen LogP) is 4.25. The summed E-state index contributed by atoms with van der Waals surface area (Å²) in [4.78, 5) is 4.28. The third-order valence-corrected chi connectivity index (χ3v) is 4.31. The van der Waals surface area contributed by atoms with Gasteiger partial charge in [-0.05, 0) is 42.7 Å². The summed E-state index contributed by atoms with van der Waals surface area (Å²) in [5, 5.41) is 3.30. The molecule has 0 saturated carbocycles. The van der Waals surface area contributed by atoms with Crippen LogP contribution in [0.2, 0.25) is 0 Å². The van der Waals surface area contributed by atoms with Crippen molar-refractivity contribution in [2.24, 2.45) is 0 Å². The highest BCUT2D eigenvalue weighted by Gasteiger charge is 2.08. The molecule has 3 aromatic rings. The fourth-order valence-electron chi connectivity index (χ4n) is 2.44. The minimum atomic E-state index is -0.137. The van der Waals surface area contributed by atoms with E-state index in [-0.39, 0.29) is 5.82 Å². The van der Waals surface area contributed by atoms with Gasteiger partial charge in [-0.1, -0.05) is 12.1 Å². The van der Waals surface area contributed by atoms with Crippen LogP contribution in [0.5, 0.6) is 0 Å². The fraction of sp³-hybridized carbons (Fsp3) is 0.188. The van der Waals surface area contributed by atoms with E-state index in [9.17, 15) is 4.39 Å². The quantitative estimate of drug-likeness (QED) is 0.711. The van der Waals surface area contributed by atoms with Gasteiger partial charge in [0, 0.05) is 6.54 Å². The Hall–Kier alpha value is -2.14. The first-order chi connectivity index (χ1) is 10.1. The Balaban J connectivity index is 1.85. The van der Waals surface area contributed by atoms with Crippen molar-refractivity contribution in [3.05, 3.63) is 52.3 Å². The number of nitrogens with one attached hydrogen (secondary N) is 1. The summed E-state index contributed by atoms with van der Waals surface area (Å²) in [5.74, 6) is -0.137. The van der Waals surface area contributed by atoms with Crippen molar-refractivity contribution < 1.29 is 4.39 Å². The molecule has 0 bridgehead atoms. The van der Waals surface area contributed by atoms with E-state index in [2.05, 4.69) is 10.3 Å². The largest absolute Gasteiger partial charge is 0.395 e. The van der Waals surface area contributed by atoms with E-state index in [1.54, 1.807) is 30.7 Å². The second kappa shape index (κ2) is 5.33. The van der Waals surface area contributed by atoms with Gasteiger partial charge in [-0.2, -0.15) is 0 Å². The lowest BCUT2D eigenvalue weighted by Gasteiger charge is -2.11. The molecule has 3 N–H and O–H groups in total. The van der Waals surface area contributed by atoms with Crippen molar-refractivity contribution in [2.45, 2.75) is 20.4 Å². The highest BCUT2D eigenvalue weighted by Crippen LogP contribution is 2.30. The third-order valence-electron chi connectivity index (χ3n) is 3.52. The minimum Gasteiger partial charge on any atom is -0.395 e. The Morgan fingerprint density at radius 2 is 1.95 bits per heavy atom. The molecule has 108 valence electrons. The number of halogens is 1. The van der Waals surface area contributed by atoms with Crippen molar-refractivity contribution in [1.29, 1.82) is 0 Å². The number of nitrogen functional groups attached to an aromatic ring is 1. The van der Waals surface area contributed by atoms with E-state index >= 15 is 0 Å². The van der Waals surface area contributed by atoms with Crippen LogP contribution in [0, 0.1) is 19.7 Å². The molecule has 0 amide bonds. The van der Waals surface area contributed by atoms with Crippen LogP contribution in [0.15, 0.2) is 29.8 Å². The van der Waals surface area contributed by atoms with Crippen LogP contribution >= 0.6 is 11.3 Å². The molecule has 0 aliphatic heterocycles. The topological polar surface area (TPSA) is 50.9 Å². The summed E-state index contributed by atoms with van der Waals surface area (Å²) in [6, 6.07) is 7.67. The molecular formula is C16H16FN3S. The van der Waals surface area contributed by atoms with Gasteiger partial charge in [-0.3, -0.25) is 0 Å². The minimum absolute atomic E-state index is 0.137. The number of hydrogen-bond donors (Lipinski definition) is 2. The van der Waals surface area contributed by atoms with E-state index < -0.39 is 0 Å². The second-order valence-corrected chi connectivity index (χ2v) is 6.01. The zero-order valence-corrected chi connectivity index (χ0v) is 12.7. The number of aryl methyl sites for hydroxylation is 2. The number of nitrogens with two attached hydrogens (primary N) is 1. The van der Waals surface area contributed by atoms with Crippen molar-refractivity contribution in [2.75, 3.05) is 11.1 Å². The number of thiazole rings is 1. The van der Waals surface area contributed by atoms with E-state index in [0.29, 0.717) is 23.4 Å². The first kappa shape index (κ1) is 13.8. The molecule has 1 aromatic heterocycles. The molecule has 0 fully saturated rings. The monoisotopic (exact) mass is 301 g/mol. The second-order valence-electron chi connectivity index (χ2n) is 5.12. The van der Waals surface area contributed by atoms with Crippen LogP contribution in [0.4, 0.5) is 15.8 Å². The Morgan fingerprint density at radius 3 is 2.67 bits per heavy atom. The Labute approximate surface area is 126 Å². The summed E-state index contributed by atoms with van der Waals surface area (Å²) >= 11 is 1.57. The molecule has 0 radical (unpaired) electrons. The van der Waals surface area contributed by atoms with Crippen molar-refractivity contribution in [1.82, 2.24) is 4.98 Å². The zero-order chi connectivity index (χ0) is 15.0. The maximum atomic E-state index is 13.6. The molecule has 3 nitrogen and oxygen atoms in total. The lowest BCUT2D eigenvalue weighted by atomic mass is 10.1. The van der Waals surface area contributed by atoms with Gasteiger partial charge in [0.05, 0.1) is 21.6 Å². The number of aromatic nitrogens is 1. The molecule has 5 heteroatoms. The van der Waals surface area contributed by atoms with Gasteiger partial charge in [0.2, 0.25) is 0 Å². The Morgan fingerprint density at radius 1 is 1.24 bits per heavy atom. The maximum absolute atomic E-state index is 13.6. The van der Waals surface area contributed by atoms with Gasteiger partial charge in [0.1, 0.15) is 11.3 Å². The highest BCUT2D eigenvalue weighted by molar-refractivity contribution is 7.16. The molecule has 2 aromatic carbocycles. The molecule has 21 heavy (non-hydrogen) atoms. The van der Waals surface area contributed by atoms with Crippen molar-refractivity contribution in [3.8, 4) is 0 Å². The number of rotatable bonds is 3. The van der Waals surface area contributed by atoms with Crippen LogP contribution < -0.4 is 11.1 Å². The average molecular weight is 301 g/mol. The van der Waals surface area contributed by atoms with Crippen LogP contribution in [-0.2, 0) is 6.54 Å². The van der Waals surface area contributed by atoms with Gasteiger partial charge < -0.3 is 11.1 Å². The van der Waals surface area contributed by atoms with E-state index in [1.165, 1.54) is 0 Å². The van der Waals surface area contributed by atoms with Gasteiger partial charge in [0.25, 0.3) is 0 Å². The molecule has 3 rings (SSSR count). The molecular weight excluding hydrogens is 285 g/mol. The number of fused-ring (bicyclic) bond motifs is 1. The van der Waals surface area contributed by atoms with Crippen LogP contribution in [0.25, 0.3) is 10.2 Å². The lowest BCUT2D eigenvalue weighted by Crippen LogP contribution is -2.04. The summed E-state index contributed by atoms with van der Waals surface area (Å²) in [7, 11) is 0. The molecule has 0 spiro atoms. The van der Waals surface area contributed by atoms with E-state index in [0.717, 1.165) is 21.5 Å². The number of hydrogen-bond acceptors (Lipinski definition) is 4. The SMILES string of the molecule is Cc1cc(CNc2ccc3scnc3c2N)cc(C)c1F. The number of anilines is 2. The van der Waals surface area contributed by atoms with Gasteiger partial charge in [-0.25, -0.2) is 9.37 Å². The van der Waals surface area contributed by atoms with E-state index in [4.69, 9.17) is 5.73 Å². The van der Waals surface area contributed by atoms with Crippen LogP contribution in [-0.4, -0.2) is 4.98 Å². The van der Waals surface area contributed by atoms with Crippen molar-refractivity contribution in [3.63, 3.8) is 0 Å². The molecule has 0 aliphatic carbocycles. The summed E-state index contributed by atoms with van der Waals surface area (Å²) in [6.07, 6.45) is 0. The molecule has 0 saturated heterocycles. The molecule has 0 unspecified atom stereocenters. The van der Waals surface area contributed by atoms with Gasteiger partial charge in [-0.15, -0.1) is 11.3 Å².